The molecule has 186 valence electrons. The molecule has 3 heterocycles. The molecule has 2 fully saturated rings. The van der Waals surface area contributed by atoms with E-state index in [0.717, 1.165) is 54.7 Å². The SMILES string of the molecule is Cc1c([C@@H](O)CN2CCC3(CC2)CCN(c2ccc(S(C)(=O)=O)cc2)C3=O)ccc2c1COC2=O. The lowest BCUT2D eigenvalue weighted by Gasteiger charge is -2.38. The summed E-state index contributed by atoms with van der Waals surface area (Å²) >= 11 is 0. The van der Waals surface area contributed by atoms with Crippen molar-refractivity contribution in [1.29, 1.82) is 0 Å². The summed E-state index contributed by atoms with van der Waals surface area (Å²) in [6.45, 7) is 4.69. The summed E-state index contributed by atoms with van der Waals surface area (Å²) in [6, 6.07) is 10.1. The van der Waals surface area contributed by atoms with Gasteiger partial charge in [0.05, 0.1) is 22.0 Å². The topological polar surface area (TPSA) is 104 Å². The normalized spacial score (nSPS) is 20.8. The zero-order valence-corrected chi connectivity index (χ0v) is 20.8. The number of anilines is 1. The number of fused-ring (bicyclic) bond motifs is 1. The minimum Gasteiger partial charge on any atom is -0.457 e. The molecular weight excluding hydrogens is 468 g/mol. The van der Waals surface area contributed by atoms with Gasteiger partial charge in [-0.05, 0) is 80.7 Å². The smallest absolute Gasteiger partial charge is 0.338 e. The number of piperidine rings is 1. The van der Waals surface area contributed by atoms with Crippen molar-refractivity contribution >= 4 is 27.4 Å². The number of amides is 1. The van der Waals surface area contributed by atoms with Gasteiger partial charge in [0.25, 0.3) is 0 Å². The number of likely N-dealkylation sites (tertiary alicyclic amines) is 1. The number of β-amino-alcohol motifs (C(OH)–C–C–N with tert-alkyl or cyclic N) is 1. The highest BCUT2D eigenvalue weighted by molar-refractivity contribution is 7.90. The summed E-state index contributed by atoms with van der Waals surface area (Å²) in [5.74, 6) is -0.212. The fraction of sp³-hybridized carbons (Fsp3) is 0.462. The molecule has 0 saturated carbocycles. The second-order valence-corrected chi connectivity index (χ2v) is 12.0. The second-order valence-electron chi connectivity index (χ2n) is 9.95. The van der Waals surface area contributed by atoms with E-state index >= 15 is 0 Å². The third-order valence-corrected chi connectivity index (χ3v) is 9.03. The molecule has 1 amide bonds. The molecule has 0 aromatic heterocycles. The Kier molecular flexibility index (Phi) is 5.97. The van der Waals surface area contributed by atoms with Gasteiger partial charge in [-0.2, -0.15) is 0 Å². The fourth-order valence-electron chi connectivity index (χ4n) is 5.64. The first-order chi connectivity index (χ1) is 16.6. The number of carbonyl (C=O) groups is 2. The Morgan fingerprint density at radius 1 is 1.03 bits per heavy atom. The molecule has 3 aliphatic rings. The van der Waals surface area contributed by atoms with Crippen LogP contribution in [0, 0.1) is 12.3 Å². The van der Waals surface area contributed by atoms with Gasteiger partial charge in [0.2, 0.25) is 5.91 Å². The Labute approximate surface area is 205 Å². The molecule has 1 atom stereocenters. The van der Waals surface area contributed by atoms with Crippen molar-refractivity contribution in [3.8, 4) is 0 Å². The van der Waals surface area contributed by atoms with Gasteiger partial charge in [0.15, 0.2) is 9.84 Å². The number of aliphatic hydroxyl groups is 1. The summed E-state index contributed by atoms with van der Waals surface area (Å²) in [5.41, 5.74) is 3.46. The summed E-state index contributed by atoms with van der Waals surface area (Å²) in [5, 5.41) is 10.9. The van der Waals surface area contributed by atoms with E-state index in [4.69, 9.17) is 4.74 Å². The predicted molar refractivity (Wildman–Crippen MR) is 130 cm³/mol. The largest absolute Gasteiger partial charge is 0.457 e. The zero-order chi connectivity index (χ0) is 25.0. The highest BCUT2D eigenvalue weighted by atomic mass is 32.2. The van der Waals surface area contributed by atoms with Crippen molar-refractivity contribution in [2.45, 2.75) is 43.8 Å². The number of ether oxygens (including phenoxy) is 1. The molecule has 35 heavy (non-hydrogen) atoms. The van der Waals surface area contributed by atoms with Gasteiger partial charge in [-0.15, -0.1) is 0 Å². The number of hydrogen-bond donors (Lipinski definition) is 1. The summed E-state index contributed by atoms with van der Waals surface area (Å²) in [7, 11) is -3.28. The number of cyclic esters (lactones) is 1. The lowest BCUT2D eigenvalue weighted by molar-refractivity contribution is -0.128. The van der Waals surface area contributed by atoms with Crippen molar-refractivity contribution in [3.63, 3.8) is 0 Å². The van der Waals surface area contributed by atoms with Gasteiger partial charge in [-0.1, -0.05) is 6.07 Å². The van der Waals surface area contributed by atoms with Crippen molar-refractivity contribution in [2.75, 3.05) is 37.3 Å². The molecule has 0 bridgehead atoms. The molecule has 1 N–H and O–H groups in total. The molecule has 5 rings (SSSR count). The Bertz CT molecular complexity index is 1280. The minimum absolute atomic E-state index is 0.101. The van der Waals surface area contributed by atoms with Gasteiger partial charge in [-0.25, -0.2) is 13.2 Å². The molecule has 3 aliphatic heterocycles. The van der Waals surface area contributed by atoms with Crippen molar-refractivity contribution in [2.24, 2.45) is 5.41 Å². The van der Waals surface area contributed by atoms with Gasteiger partial charge < -0.3 is 19.6 Å². The monoisotopic (exact) mass is 498 g/mol. The van der Waals surface area contributed by atoms with E-state index in [0.29, 0.717) is 18.7 Å². The lowest BCUT2D eigenvalue weighted by Crippen LogP contribution is -2.45. The number of hydrogen-bond acceptors (Lipinski definition) is 7. The first-order valence-corrected chi connectivity index (χ1v) is 13.8. The van der Waals surface area contributed by atoms with Gasteiger partial charge in [0.1, 0.15) is 6.61 Å². The summed E-state index contributed by atoms with van der Waals surface area (Å²) in [6.07, 6.45) is 2.70. The number of aliphatic hydroxyl groups excluding tert-OH is 1. The van der Waals surface area contributed by atoms with Crippen LogP contribution in [0.2, 0.25) is 0 Å². The van der Waals surface area contributed by atoms with E-state index in [9.17, 15) is 23.1 Å². The Morgan fingerprint density at radius 2 is 1.69 bits per heavy atom. The van der Waals surface area contributed by atoms with Crippen molar-refractivity contribution in [3.05, 3.63) is 58.7 Å². The van der Waals surface area contributed by atoms with Crippen LogP contribution in [0.1, 0.15) is 52.4 Å². The molecule has 2 saturated heterocycles. The van der Waals surface area contributed by atoms with Crippen LogP contribution < -0.4 is 4.90 Å². The van der Waals surface area contributed by atoms with Crippen LogP contribution in [0.3, 0.4) is 0 Å². The van der Waals surface area contributed by atoms with Crippen LogP contribution in [0.25, 0.3) is 0 Å². The summed E-state index contributed by atoms with van der Waals surface area (Å²) in [4.78, 5) is 29.4. The molecule has 1 spiro atoms. The van der Waals surface area contributed by atoms with Gasteiger partial charge in [-0.3, -0.25) is 4.79 Å². The molecule has 8 nitrogen and oxygen atoms in total. The Morgan fingerprint density at radius 3 is 2.34 bits per heavy atom. The Hall–Kier alpha value is -2.75. The van der Waals surface area contributed by atoms with E-state index in [2.05, 4.69) is 4.90 Å². The average molecular weight is 499 g/mol. The second kappa shape index (κ2) is 8.72. The van der Waals surface area contributed by atoms with Gasteiger partial charge >= 0.3 is 5.97 Å². The maximum absolute atomic E-state index is 13.4. The van der Waals surface area contributed by atoms with E-state index in [1.165, 1.54) is 6.26 Å². The average Bonchev–Trinajstić information content (AvgIpc) is 3.36. The quantitative estimate of drug-likeness (QED) is 0.632. The molecule has 2 aromatic rings. The predicted octanol–water partition coefficient (Wildman–Crippen LogP) is 2.62. The number of sulfone groups is 1. The van der Waals surface area contributed by atoms with E-state index in [1.807, 2.05) is 13.0 Å². The molecular formula is C26H30N2O6S. The number of rotatable bonds is 5. The lowest BCUT2D eigenvalue weighted by atomic mass is 9.77. The van der Waals surface area contributed by atoms with Crippen LogP contribution in [0.15, 0.2) is 41.3 Å². The molecule has 9 heteroatoms. The number of esters is 1. The molecule has 2 aromatic carbocycles. The standard InChI is InChI=1S/C26H30N2O6S/c1-17-20(7-8-21-22(17)16-34-24(21)30)23(29)15-27-12-9-26(10-13-27)11-14-28(25(26)31)18-3-5-19(6-4-18)35(2,32)33/h3-8,23,29H,9-16H2,1-2H3/t23-/m0/s1. The molecule has 0 unspecified atom stereocenters. The summed E-state index contributed by atoms with van der Waals surface area (Å²) < 4.78 is 28.6. The van der Waals surface area contributed by atoms with E-state index in [-0.39, 0.29) is 23.4 Å². The van der Waals surface area contributed by atoms with Gasteiger partial charge in [0, 0.05) is 30.6 Å². The number of carbonyl (C=O) groups excluding carboxylic acids is 2. The first kappa shape index (κ1) is 24.0. The first-order valence-electron chi connectivity index (χ1n) is 11.9. The van der Waals surface area contributed by atoms with Crippen LogP contribution in [-0.2, 0) is 26.0 Å². The highest BCUT2D eigenvalue weighted by Crippen LogP contribution is 2.43. The molecule has 0 aliphatic carbocycles. The van der Waals surface area contributed by atoms with Crippen LogP contribution in [0.5, 0.6) is 0 Å². The third-order valence-electron chi connectivity index (χ3n) is 7.90. The van der Waals surface area contributed by atoms with Crippen LogP contribution >= 0.6 is 0 Å². The van der Waals surface area contributed by atoms with Crippen molar-refractivity contribution < 1.29 is 27.9 Å². The van der Waals surface area contributed by atoms with Crippen LogP contribution in [-0.4, -0.2) is 62.7 Å². The molecule has 0 radical (unpaired) electrons. The van der Waals surface area contributed by atoms with Crippen LogP contribution in [0.4, 0.5) is 5.69 Å². The van der Waals surface area contributed by atoms with E-state index < -0.39 is 21.4 Å². The van der Waals surface area contributed by atoms with E-state index in [1.54, 1.807) is 35.2 Å². The zero-order valence-electron chi connectivity index (χ0n) is 20.0. The maximum atomic E-state index is 13.4. The highest BCUT2D eigenvalue weighted by Gasteiger charge is 2.48. The maximum Gasteiger partial charge on any atom is 0.338 e. The Balaban J connectivity index is 1.22. The van der Waals surface area contributed by atoms with Crippen molar-refractivity contribution in [1.82, 2.24) is 4.90 Å². The number of benzene rings is 2. The minimum atomic E-state index is -3.28. The number of nitrogens with zero attached hydrogens (tertiary/aromatic N) is 2. The third kappa shape index (κ3) is 4.26. The fourth-order valence-corrected chi connectivity index (χ4v) is 6.27.